The molecule has 4 atom stereocenters. The number of carbonyl (C=O) groups is 9. The number of piperazine rings is 1. The number of carbonyl (C=O) groups excluding carboxylic acids is 9. The van der Waals surface area contributed by atoms with Crippen LogP contribution in [0.1, 0.15) is 145 Å². The highest BCUT2D eigenvalue weighted by Gasteiger charge is 2.51. The average Bonchev–Trinajstić information content (AvgIpc) is 3.90. The number of nitrogens with one attached hydrogen (secondary N) is 3. The van der Waals surface area contributed by atoms with Crippen LogP contribution in [-0.2, 0) is 43.7 Å². The van der Waals surface area contributed by atoms with Gasteiger partial charge in [-0.25, -0.2) is 0 Å². The van der Waals surface area contributed by atoms with E-state index in [2.05, 4.69) is 27.8 Å². The summed E-state index contributed by atoms with van der Waals surface area (Å²) in [5, 5.41) is 7.94. The van der Waals surface area contributed by atoms with Crippen molar-refractivity contribution >= 4 is 82.2 Å². The minimum Gasteiger partial charge on any atom is -0.370 e. The number of amides is 9. The molecular weight excluding hydrogens is 1100 g/mol. The van der Waals surface area contributed by atoms with Gasteiger partial charge < -0.3 is 39.9 Å². The first-order valence-corrected chi connectivity index (χ1v) is 29.8. The zero-order valence-electron chi connectivity index (χ0n) is 45.8. The van der Waals surface area contributed by atoms with Crippen LogP contribution in [0.5, 0.6) is 0 Å². The van der Waals surface area contributed by atoms with E-state index < -0.39 is 108 Å². The summed E-state index contributed by atoms with van der Waals surface area (Å²) >= 11 is 0.927. The molecule has 9 amide bonds. The number of hydrogen-bond acceptors (Lipinski definition) is 12. The molecule has 0 saturated carbocycles. The number of unbranched alkanes of at least 4 members (excludes halogenated alkanes) is 7. The highest BCUT2D eigenvalue weighted by Crippen LogP contribution is 2.59. The van der Waals surface area contributed by atoms with E-state index in [-0.39, 0.29) is 73.6 Å². The number of fused-ring (bicyclic) bond motifs is 2. The summed E-state index contributed by atoms with van der Waals surface area (Å²) in [4.78, 5) is 145. The lowest BCUT2D eigenvalue weighted by molar-refractivity contribution is -0.158. The summed E-state index contributed by atoms with van der Waals surface area (Å²) in [6.07, 6.45) is 5.81. The second-order valence-corrected chi connectivity index (χ2v) is 24.6. The van der Waals surface area contributed by atoms with Gasteiger partial charge in [0.15, 0.2) is 0 Å². The minimum absolute atomic E-state index is 0.0162. The van der Waals surface area contributed by atoms with Crippen molar-refractivity contribution in [3.8, 4) is 11.8 Å². The molecular formula is C58H66F2N7O13PS. The van der Waals surface area contributed by atoms with E-state index in [0.717, 1.165) is 72.5 Å². The number of alkyl halides is 2. The van der Waals surface area contributed by atoms with Crippen LogP contribution in [0.15, 0.2) is 72.8 Å². The molecule has 82 heavy (non-hydrogen) atoms. The number of thiophene rings is 1. The molecule has 4 aliphatic rings. The summed E-state index contributed by atoms with van der Waals surface area (Å²) in [7, 11) is -5.87. The molecule has 4 aliphatic heterocycles. The van der Waals surface area contributed by atoms with Crippen LogP contribution < -0.4 is 16.0 Å². The van der Waals surface area contributed by atoms with Gasteiger partial charge in [-0.3, -0.25) is 57.9 Å². The third-order valence-electron chi connectivity index (χ3n) is 15.0. The maximum absolute atomic E-state index is 14.9. The summed E-state index contributed by atoms with van der Waals surface area (Å²) < 4.78 is 47.2. The Morgan fingerprint density at radius 1 is 0.854 bits per heavy atom. The zero-order valence-corrected chi connectivity index (χ0v) is 47.5. The van der Waals surface area contributed by atoms with Gasteiger partial charge in [0.2, 0.25) is 35.4 Å². The van der Waals surface area contributed by atoms with Crippen LogP contribution >= 0.6 is 18.9 Å². The third-order valence-corrected chi connectivity index (χ3v) is 17.1. The lowest BCUT2D eigenvalue weighted by Gasteiger charge is -2.45. The van der Waals surface area contributed by atoms with Crippen molar-refractivity contribution in [2.24, 2.45) is 5.41 Å². The van der Waals surface area contributed by atoms with E-state index in [4.69, 9.17) is 4.74 Å². The average molecular weight is 1170 g/mol. The van der Waals surface area contributed by atoms with Crippen molar-refractivity contribution in [1.82, 2.24) is 35.6 Å². The Morgan fingerprint density at radius 3 is 2.28 bits per heavy atom. The number of piperidine rings is 1. The van der Waals surface area contributed by atoms with Crippen molar-refractivity contribution in [2.45, 2.75) is 121 Å². The quantitative estimate of drug-likeness (QED) is 0.0238. The van der Waals surface area contributed by atoms with E-state index >= 15 is 0 Å². The van der Waals surface area contributed by atoms with E-state index in [1.165, 1.54) is 28.0 Å². The molecule has 4 aromatic rings. The molecule has 0 spiro atoms. The van der Waals surface area contributed by atoms with Crippen molar-refractivity contribution in [1.29, 1.82) is 0 Å². The van der Waals surface area contributed by atoms with Crippen LogP contribution in [0.25, 0.3) is 10.1 Å². The molecule has 24 heteroatoms. The van der Waals surface area contributed by atoms with Gasteiger partial charge in [-0.1, -0.05) is 107 Å². The van der Waals surface area contributed by atoms with Gasteiger partial charge in [0.25, 0.3) is 17.7 Å². The SMILES string of the molecule is CC(C)(C)[C@H](NC(=O)c1cc2cc(C(F)(F)P(=O)(O)O)ccc2s1)C(=O)N1CCN(C(=O)CC(=O)NCCCCCCCCCC#Cc2cccc3c2C(=O)N(C2CCC(=O)NC2=O)C3=O)C[C@H]1C(=O)N1CCO[C@H](c2ccccc2)C1. The predicted octanol–water partition coefficient (Wildman–Crippen LogP) is 5.99. The molecule has 0 bridgehead atoms. The van der Waals surface area contributed by atoms with Gasteiger partial charge in [0, 0.05) is 54.8 Å². The van der Waals surface area contributed by atoms with Crippen LogP contribution in [0, 0.1) is 17.3 Å². The highest BCUT2D eigenvalue weighted by molar-refractivity contribution is 7.52. The second-order valence-electron chi connectivity index (χ2n) is 21.9. The monoisotopic (exact) mass is 1170 g/mol. The number of nitrogens with zero attached hydrogens (tertiary/aromatic N) is 4. The predicted molar refractivity (Wildman–Crippen MR) is 297 cm³/mol. The van der Waals surface area contributed by atoms with Crippen molar-refractivity contribution in [2.75, 3.05) is 45.9 Å². The van der Waals surface area contributed by atoms with E-state index in [1.54, 1.807) is 37.8 Å². The summed E-state index contributed by atoms with van der Waals surface area (Å²) in [6, 6.07) is 15.0. The zero-order chi connectivity index (χ0) is 59.1. The number of rotatable bonds is 19. The second kappa shape index (κ2) is 25.9. The molecule has 0 aliphatic carbocycles. The highest BCUT2D eigenvalue weighted by atomic mass is 32.1. The van der Waals surface area contributed by atoms with Gasteiger partial charge in [-0.15, -0.1) is 11.3 Å². The first-order valence-electron chi connectivity index (χ1n) is 27.4. The number of morpholine rings is 1. The summed E-state index contributed by atoms with van der Waals surface area (Å²) in [6.45, 7) is 5.71. The Labute approximate surface area is 476 Å². The molecule has 3 aromatic carbocycles. The van der Waals surface area contributed by atoms with Crippen LogP contribution in [0.2, 0.25) is 0 Å². The largest absolute Gasteiger partial charge is 0.399 e. The van der Waals surface area contributed by atoms with Gasteiger partial charge in [0.05, 0.1) is 35.7 Å². The molecule has 3 fully saturated rings. The Bertz CT molecular complexity index is 3260. The van der Waals surface area contributed by atoms with Gasteiger partial charge in [-0.05, 0) is 66.0 Å². The Balaban J connectivity index is 0.815. The molecule has 1 aromatic heterocycles. The molecule has 5 N–H and O–H groups in total. The number of hydrogen-bond donors (Lipinski definition) is 5. The molecule has 8 rings (SSSR count). The Kier molecular flexibility index (Phi) is 19.2. The lowest BCUT2D eigenvalue weighted by Crippen LogP contribution is -2.66. The topological polar surface area (TPSA) is 269 Å². The summed E-state index contributed by atoms with van der Waals surface area (Å²) in [5.74, 6) is 1.02. The van der Waals surface area contributed by atoms with Crippen molar-refractivity contribution in [3.63, 3.8) is 0 Å². The smallest absolute Gasteiger partial charge is 0.370 e. The Hall–Kier alpha value is -7.22. The molecule has 0 radical (unpaired) electrons. The minimum atomic E-state index is -5.87. The Morgan fingerprint density at radius 2 is 1.57 bits per heavy atom. The normalized spacial score (nSPS) is 19.1. The van der Waals surface area contributed by atoms with Crippen LogP contribution in [-0.4, -0.2) is 147 Å². The standard InChI is InChI=1S/C58H66F2N7O13PS/c1-57(2,3)50(63-52(72)45-32-38-31-39(22-24-44(38)82-45)58(59,60)81(77,78)79)56(76)66-28-27-64(34-42(66)54(74)65-29-30-80-43(35-65)36-17-13-11-14-18-36)48(70)33-47(69)61-26-15-10-8-6-4-5-7-9-12-19-37-20-16-21-40-49(37)55(75)67(53(40)73)41-23-25-46(68)62-51(41)71/h11,13-14,16-18,20-22,24,31-32,41-43,50H,4-10,15,23,25-30,33-35H2,1-3H3,(H,61,69)(H,63,72)(H,62,68,71)(H2,77,78,79)/t41?,42-,43-,50+/m0/s1. The first-order chi connectivity index (χ1) is 38.9. The van der Waals surface area contributed by atoms with Crippen molar-refractivity contribution in [3.05, 3.63) is 105 Å². The van der Waals surface area contributed by atoms with Gasteiger partial charge >= 0.3 is 13.3 Å². The fraction of sp³-hybridized carbons (Fsp3) is 0.466. The number of benzene rings is 3. The number of ether oxygens (including phenoxy) is 1. The fourth-order valence-corrected chi connectivity index (χ4v) is 11.9. The summed E-state index contributed by atoms with van der Waals surface area (Å²) in [5.41, 5.74) is -4.76. The van der Waals surface area contributed by atoms with E-state index in [0.29, 0.717) is 29.6 Å². The lowest BCUT2D eigenvalue weighted by atomic mass is 9.85. The maximum atomic E-state index is 14.9. The molecule has 5 heterocycles. The van der Waals surface area contributed by atoms with Crippen molar-refractivity contribution < 1.29 is 71.0 Å². The molecule has 20 nitrogen and oxygen atoms in total. The molecule has 3 saturated heterocycles. The number of imide groups is 2. The number of halogens is 2. The maximum Gasteiger partial charge on any atom is 0.399 e. The molecule has 1 unspecified atom stereocenters. The van der Waals surface area contributed by atoms with Crippen LogP contribution in [0.4, 0.5) is 8.78 Å². The van der Waals surface area contributed by atoms with Gasteiger partial charge in [-0.2, -0.15) is 8.78 Å². The third kappa shape index (κ3) is 14.0. The first kappa shape index (κ1) is 60.9. The van der Waals surface area contributed by atoms with Gasteiger partial charge in [0.1, 0.15) is 30.7 Å². The molecule has 436 valence electrons. The van der Waals surface area contributed by atoms with E-state index in [1.807, 2.05) is 30.3 Å². The fourth-order valence-electron chi connectivity index (χ4n) is 10.5. The van der Waals surface area contributed by atoms with E-state index in [9.17, 15) is 66.3 Å². The van der Waals surface area contributed by atoms with Crippen LogP contribution in [0.3, 0.4) is 0 Å².